The van der Waals surface area contributed by atoms with Crippen LogP contribution in [-0.2, 0) is 11.3 Å². The third-order valence-corrected chi connectivity index (χ3v) is 4.65. The van der Waals surface area contributed by atoms with Crippen LogP contribution in [0, 0.1) is 0 Å². The van der Waals surface area contributed by atoms with Gasteiger partial charge in [-0.25, -0.2) is 13.8 Å². The first-order valence-corrected chi connectivity index (χ1v) is 9.28. The first-order chi connectivity index (χ1) is 13.7. The fourth-order valence-corrected chi connectivity index (χ4v) is 3.16. The van der Waals surface area contributed by atoms with E-state index < -0.39 is 6.43 Å². The third-order valence-electron chi connectivity index (χ3n) is 4.65. The Bertz CT molecular complexity index is 930. The minimum atomic E-state index is -2.57. The molecule has 0 radical (unpaired) electrons. The van der Waals surface area contributed by atoms with Gasteiger partial charge in [-0.05, 0) is 36.6 Å². The predicted octanol–water partition coefficient (Wildman–Crippen LogP) is 4.17. The van der Waals surface area contributed by atoms with E-state index in [1.165, 1.54) is 12.3 Å². The van der Waals surface area contributed by atoms with Crippen LogP contribution in [0.1, 0.15) is 30.5 Å². The summed E-state index contributed by atoms with van der Waals surface area (Å²) in [5, 5.41) is 7.46. The zero-order chi connectivity index (χ0) is 19.3. The van der Waals surface area contributed by atoms with E-state index in [0.717, 1.165) is 41.7 Å². The summed E-state index contributed by atoms with van der Waals surface area (Å²) in [6, 6.07) is 10.7. The average molecular weight is 385 g/mol. The monoisotopic (exact) mass is 385 g/mol. The van der Waals surface area contributed by atoms with Crippen LogP contribution in [0.4, 0.5) is 20.5 Å². The van der Waals surface area contributed by atoms with Gasteiger partial charge >= 0.3 is 0 Å². The number of para-hydroxylation sites is 1. The number of aromatic nitrogens is 3. The first kappa shape index (κ1) is 18.5. The minimum absolute atomic E-state index is 0.199. The number of anilines is 2. The van der Waals surface area contributed by atoms with E-state index in [9.17, 15) is 8.78 Å². The van der Waals surface area contributed by atoms with E-state index in [-0.39, 0.29) is 11.8 Å². The number of nitrogens with zero attached hydrogens (tertiary/aromatic N) is 3. The van der Waals surface area contributed by atoms with Gasteiger partial charge in [0, 0.05) is 31.3 Å². The summed E-state index contributed by atoms with van der Waals surface area (Å²) >= 11 is 0. The quantitative estimate of drug-likeness (QED) is 0.636. The molecule has 0 aliphatic carbocycles. The number of nitrogens with one attached hydrogen (secondary N) is 2. The van der Waals surface area contributed by atoms with Crippen LogP contribution in [0.15, 0.2) is 42.6 Å². The molecule has 1 saturated heterocycles. The van der Waals surface area contributed by atoms with Crippen molar-refractivity contribution in [1.29, 1.82) is 0 Å². The number of ether oxygens (including phenoxy) is 1. The fraction of sp³-hybridized carbons (Fsp3) is 0.350. The molecule has 0 bridgehead atoms. The number of hydrogen-bond acceptors (Lipinski definition) is 6. The van der Waals surface area contributed by atoms with Gasteiger partial charge in [0.2, 0.25) is 5.95 Å². The van der Waals surface area contributed by atoms with Gasteiger partial charge in [0.15, 0.2) is 0 Å². The molecule has 1 aliphatic heterocycles. The SMILES string of the molecule is FC(F)c1ccc(CNc2nc(NCC3CCCO3)c3ccccc3n2)cn1. The van der Waals surface area contributed by atoms with Gasteiger partial charge in [0.1, 0.15) is 11.5 Å². The van der Waals surface area contributed by atoms with Crippen LogP contribution in [0.5, 0.6) is 0 Å². The molecule has 1 fully saturated rings. The molecule has 1 aliphatic rings. The Morgan fingerprint density at radius 2 is 2.00 bits per heavy atom. The van der Waals surface area contributed by atoms with E-state index in [4.69, 9.17) is 4.74 Å². The van der Waals surface area contributed by atoms with E-state index in [0.29, 0.717) is 19.0 Å². The lowest BCUT2D eigenvalue weighted by Gasteiger charge is -2.14. The maximum atomic E-state index is 12.6. The summed E-state index contributed by atoms with van der Waals surface area (Å²) < 4.78 is 30.9. The highest BCUT2D eigenvalue weighted by molar-refractivity contribution is 5.90. The zero-order valence-corrected chi connectivity index (χ0v) is 15.2. The smallest absolute Gasteiger partial charge is 0.280 e. The third kappa shape index (κ3) is 4.33. The molecule has 0 saturated carbocycles. The van der Waals surface area contributed by atoms with Gasteiger partial charge in [-0.1, -0.05) is 18.2 Å². The Balaban J connectivity index is 1.49. The van der Waals surface area contributed by atoms with Crippen molar-refractivity contribution in [2.24, 2.45) is 0 Å². The topological polar surface area (TPSA) is 72.0 Å². The summed E-state index contributed by atoms with van der Waals surface area (Å²) in [4.78, 5) is 12.9. The fourth-order valence-electron chi connectivity index (χ4n) is 3.16. The highest BCUT2D eigenvalue weighted by atomic mass is 19.3. The molecule has 0 amide bonds. The van der Waals surface area contributed by atoms with Gasteiger partial charge in [-0.3, -0.25) is 4.98 Å². The average Bonchev–Trinajstić information content (AvgIpc) is 3.24. The first-order valence-electron chi connectivity index (χ1n) is 9.28. The summed E-state index contributed by atoms with van der Waals surface area (Å²) in [6.07, 6.45) is 1.20. The molecular weight excluding hydrogens is 364 g/mol. The predicted molar refractivity (Wildman–Crippen MR) is 104 cm³/mol. The highest BCUT2D eigenvalue weighted by Crippen LogP contribution is 2.23. The summed E-state index contributed by atoms with van der Waals surface area (Å²) in [5.74, 6) is 1.21. The molecule has 6 nitrogen and oxygen atoms in total. The van der Waals surface area contributed by atoms with Crippen LogP contribution < -0.4 is 10.6 Å². The second-order valence-corrected chi connectivity index (χ2v) is 6.67. The van der Waals surface area contributed by atoms with E-state index in [1.807, 2.05) is 24.3 Å². The molecule has 28 heavy (non-hydrogen) atoms. The number of benzene rings is 1. The van der Waals surface area contributed by atoms with Crippen molar-refractivity contribution in [3.8, 4) is 0 Å². The number of rotatable bonds is 7. The van der Waals surface area contributed by atoms with Gasteiger partial charge in [0.25, 0.3) is 6.43 Å². The van der Waals surface area contributed by atoms with Gasteiger partial charge < -0.3 is 15.4 Å². The minimum Gasteiger partial charge on any atom is -0.376 e. The van der Waals surface area contributed by atoms with Crippen LogP contribution in [0.2, 0.25) is 0 Å². The Morgan fingerprint density at radius 3 is 2.75 bits per heavy atom. The zero-order valence-electron chi connectivity index (χ0n) is 15.2. The largest absolute Gasteiger partial charge is 0.376 e. The second kappa shape index (κ2) is 8.43. The number of hydrogen-bond donors (Lipinski definition) is 2. The second-order valence-electron chi connectivity index (χ2n) is 6.67. The molecule has 2 N–H and O–H groups in total. The lowest BCUT2D eigenvalue weighted by molar-refractivity contribution is 0.120. The summed E-state index contributed by atoms with van der Waals surface area (Å²) in [6.45, 7) is 1.89. The molecule has 3 aromatic rings. The van der Waals surface area contributed by atoms with Gasteiger partial charge in [-0.2, -0.15) is 4.98 Å². The van der Waals surface area contributed by atoms with E-state index >= 15 is 0 Å². The van der Waals surface area contributed by atoms with Crippen molar-refractivity contribution < 1.29 is 13.5 Å². The summed E-state index contributed by atoms with van der Waals surface area (Å²) in [7, 11) is 0. The molecule has 0 spiro atoms. The van der Waals surface area contributed by atoms with Crippen molar-refractivity contribution in [1.82, 2.24) is 15.0 Å². The maximum Gasteiger partial charge on any atom is 0.280 e. The number of fused-ring (bicyclic) bond motifs is 1. The van der Waals surface area contributed by atoms with Crippen molar-refractivity contribution in [3.05, 3.63) is 53.9 Å². The maximum absolute atomic E-state index is 12.6. The molecule has 8 heteroatoms. The Morgan fingerprint density at radius 1 is 1.11 bits per heavy atom. The Kier molecular flexibility index (Phi) is 5.57. The molecule has 1 unspecified atom stereocenters. The number of halogens is 2. The lowest BCUT2D eigenvalue weighted by atomic mass is 10.2. The van der Waals surface area contributed by atoms with E-state index in [2.05, 4.69) is 25.6 Å². The molecule has 1 atom stereocenters. The molecule has 4 rings (SSSR count). The molecule has 2 aromatic heterocycles. The van der Waals surface area contributed by atoms with Crippen LogP contribution in [0.25, 0.3) is 10.9 Å². The van der Waals surface area contributed by atoms with Crippen LogP contribution in [-0.4, -0.2) is 34.2 Å². The standard InChI is InChI=1S/C20H21F2N5O/c21-18(22)17-8-7-13(10-23-17)11-25-20-26-16-6-2-1-5-15(16)19(27-20)24-12-14-4-3-9-28-14/h1-2,5-8,10,14,18H,3-4,9,11-12H2,(H2,24,25,26,27). The molecular formula is C20H21F2N5O. The van der Waals surface area contributed by atoms with Crippen LogP contribution in [0.3, 0.4) is 0 Å². The summed E-state index contributed by atoms with van der Waals surface area (Å²) in [5.41, 5.74) is 1.36. The van der Waals surface area contributed by atoms with E-state index in [1.54, 1.807) is 6.07 Å². The van der Waals surface area contributed by atoms with Gasteiger partial charge in [-0.15, -0.1) is 0 Å². The van der Waals surface area contributed by atoms with Crippen molar-refractivity contribution in [3.63, 3.8) is 0 Å². The Labute approximate surface area is 161 Å². The van der Waals surface area contributed by atoms with Crippen molar-refractivity contribution in [2.75, 3.05) is 23.8 Å². The van der Waals surface area contributed by atoms with Crippen molar-refractivity contribution in [2.45, 2.75) is 31.9 Å². The van der Waals surface area contributed by atoms with Gasteiger partial charge in [0.05, 0.1) is 11.6 Å². The molecule has 3 heterocycles. The van der Waals surface area contributed by atoms with Crippen LogP contribution >= 0.6 is 0 Å². The normalized spacial score (nSPS) is 16.6. The molecule has 1 aromatic carbocycles. The lowest BCUT2D eigenvalue weighted by Crippen LogP contribution is -2.19. The highest BCUT2D eigenvalue weighted by Gasteiger charge is 2.16. The Hall–Kier alpha value is -2.87. The number of alkyl halides is 2. The molecule has 146 valence electrons. The van der Waals surface area contributed by atoms with Crippen molar-refractivity contribution >= 4 is 22.7 Å². The number of pyridine rings is 1.